The number of aliphatic hydroxyl groups excluding tert-OH is 1. The van der Waals surface area contributed by atoms with E-state index >= 15 is 0 Å². The molecular weight excluding hydrogens is 300 g/mol. The van der Waals surface area contributed by atoms with E-state index in [1.165, 1.54) is 7.11 Å². The lowest BCUT2D eigenvalue weighted by Crippen LogP contribution is -2.06. The van der Waals surface area contributed by atoms with Crippen LogP contribution in [0.4, 0.5) is 0 Å². The van der Waals surface area contributed by atoms with Crippen molar-refractivity contribution in [1.29, 1.82) is 0 Å². The Morgan fingerprint density at radius 1 is 0.958 bits per heavy atom. The number of benzene rings is 3. The molecule has 3 rings (SSSR count). The molecule has 0 heterocycles. The fourth-order valence-electron chi connectivity index (χ4n) is 3.40. The predicted octanol–water partition coefficient (Wildman–Crippen LogP) is 4.40. The molecular formula is C21H20O3. The lowest BCUT2D eigenvalue weighted by molar-refractivity contribution is 0.0601. The number of esters is 1. The van der Waals surface area contributed by atoms with Gasteiger partial charge in [-0.3, -0.25) is 0 Å². The average molecular weight is 320 g/mol. The van der Waals surface area contributed by atoms with Crippen molar-refractivity contribution in [2.24, 2.45) is 0 Å². The summed E-state index contributed by atoms with van der Waals surface area (Å²) in [6.07, 6.45) is 0. The van der Waals surface area contributed by atoms with Gasteiger partial charge in [0.05, 0.1) is 19.3 Å². The number of carbonyl (C=O) groups is 1. The summed E-state index contributed by atoms with van der Waals surface area (Å²) in [6, 6.07) is 15.5. The molecule has 0 aliphatic rings. The van der Waals surface area contributed by atoms with Crippen molar-refractivity contribution in [2.75, 3.05) is 7.11 Å². The van der Waals surface area contributed by atoms with Gasteiger partial charge in [-0.25, -0.2) is 4.79 Å². The van der Waals surface area contributed by atoms with Crippen molar-refractivity contribution in [1.82, 2.24) is 0 Å². The van der Waals surface area contributed by atoms with Crippen LogP contribution >= 0.6 is 0 Å². The van der Waals surface area contributed by atoms with Crippen LogP contribution in [0.15, 0.2) is 48.5 Å². The minimum Gasteiger partial charge on any atom is -0.465 e. The molecule has 0 fully saturated rings. The SMILES string of the molecule is COC(=O)c1ccccc1-c1c(CO)c(C)c2ccccc2c1C. The Hall–Kier alpha value is -2.65. The zero-order valence-electron chi connectivity index (χ0n) is 14.1. The van der Waals surface area contributed by atoms with Crippen LogP contribution in [0, 0.1) is 13.8 Å². The summed E-state index contributed by atoms with van der Waals surface area (Å²) >= 11 is 0. The van der Waals surface area contributed by atoms with Crippen LogP contribution in [-0.4, -0.2) is 18.2 Å². The Kier molecular flexibility index (Phi) is 4.36. The fraction of sp³-hybridized carbons (Fsp3) is 0.190. The number of methoxy groups -OCH3 is 1. The van der Waals surface area contributed by atoms with E-state index in [1.807, 2.05) is 44.2 Å². The monoisotopic (exact) mass is 320 g/mol. The summed E-state index contributed by atoms with van der Waals surface area (Å²) in [5.74, 6) is -0.375. The molecule has 3 aromatic carbocycles. The second kappa shape index (κ2) is 6.46. The van der Waals surface area contributed by atoms with Gasteiger partial charge in [-0.1, -0.05) is 42.5 Å². The first-order valence-electron chi connectivity index (χ1n) is 7.89. The lowest BCUT2D eigenvalue weighted by Gasteiger charge is -2.20. The third-order valence-corrected chi connectivity index (χ3v) is 4.62. The standard InChI is InChI=1S/C21H20O3/c1-13-15-8-4-5-9-16(15)14(2)20(19(13)12-22)17-10-6-7-11-18(17)21(23)24-3/h4-11,22H,12H2,1-3H3. The fourth-order valence-corrected chi connectivity index (χ4v) is 3.40. The quantitative estimate of drug-likeness (QED) is 0.727. The van der Waals surface area contributed by atoms with E-state index in [0.29, 0.717) is 5.56 Å². The normalized spacial score (nSPS) is 10.8. The maximum absolute atomic E-state index is 12.2. The lowest BCUT2D eigenvalue weighted by atomic mass is 9.85. The molecule has 0 atom stereocenters. The van der Waals surface area contributed by atoms with Gasteiger partial charge in [0.25, 0.3) is 0 Å². The van der Waals surface area contributed by atoms with E-state index in [9.17, 15) is 9.90 Å². The number of hydrogen-bond donors (Lipinski definition) is 1. The zero-order valence-corrected chi connectivity index (χ0v) is 14.1. The summed E-state index contributed by atoms with van der Waals surface area (Å²) in [5, 5.41) is 12.3. The number of hydrogen-bond acceptors (Lipinski definition) is 3. The van der Waals surface area contributed by atoms with Crippen molar-refractivity contribution < 1.29 is 14.6 Å². The Bertz CT molecular complexity index is 926. The maximum atomic E-state index is 12.2. The molecule has 0 spiro atoms. The maximum Gasteiger partial charge on any atom is 0.338 e. The van der Waals surface area contributed by atoms with Crippen LogP contribution in [0.25, 0.3) is 21.9 Å². The summed E-state index contributed by atoms with van der Waals surface area (Å²) in [5.41, 5.74) is 5.15. The van der Waals surface area contributed by atoms with Crippen LogP contribution in [0.1, 0.15) is 27.0 Å². The Morgan fingerprint density at radius 2 is 1.54 bits per heavy atom. The van der Waals surface area contributed by atoms with Crippen molar-refractivity contribution in [3.8, 4) is 11.1 Å². The minimum absolute atomic E-state index is 0.0810. The van der Waals surface area contributed by atoms with Crippen LogP contribution in [-0.2, 0) is 11.3 Å². The van der Waals surface area contributed by atoms with Gasteiger partial charge in [-0.15, -0.1) is 0 Å². The molecule has 0 radical (unpaired) electrons. The molecule has 0 bridgehead atoms. The average Bonchev–Trinajstić information content (AvgIpc) is 2.63. The zero-order chi connectivity index (χ0) is 17.3. The number of aliphatic hydroxyl groups is 1. The number of aryl methyl sites for hydroxylation is 2. The molecule has 0 saturated carbocycles. The van der Waals surface area contributed by atoms with Gasteiger partial charge < -0.3 is 9.84 Å². The van der Waals surface area contributed by atoms with Crippen LogP contribution in [0.3, 0.4) is 0 Å². The molecule has 0 aliphatic carbocycles. The van der Waals surface area contributed by atoms with Gasteiger partial charge in [0, 0.05) is 0 Å². The number of rotatable bonds is 3. The molecule has 0 aliphatic heterocycles. The first kappa shape index (κ1) is 16.2. The summed E-state index contributed by atoms with van der Waals surface area (Å²) in [7, 11) is 1.38. The number of carbonyl (C=O) groups excluding carboxylic acids is 1. The van der Waals surface area contributed by atoms with E-state index < -0.39 is 0 Å². The number of fused-ring (bicyclic) bond motifs is 1. The third-order valence-electron chi connectivity index (χ3n) is 4.62. The van der Waals surface area contributed by atoms with Crippen LogP contribution in [0.5, 0.6) is 0 Å². The highest BCUT2D eigenvalue weighted by Crippen LogP contribution is 2.38. The van der Waals surface area contributed by atoms with Crippen molar-refractivity contribution in [3.05, 3.63) is 70.8 Å². The summed E-state index contributed by atoms with van der Waals surface area (Å²) < 4.78 is 4.93. The van der Waals surface area contributed by atoms with E-state index in [4.69, 9.17) is 4.74 Å². The Morgan fingerprint density at radius 3 is 2.17 bits per heavy atom. The molecule has 0 amide bonds. The van der Waals surface area contributed by atoms with Gasteiger partial charge >= 0.3 is 5.97 Å². The largest absolute Gasteiger partial charge is 0.465 e. The molecule has 24 heavy (non-hydrogen) atoms. The van der Waals surface area contributed by atoms with Crippen molar-refractivity contribution >= 4 is 16.7 Å². The van der Waals surface area contributed by atoms with E-state index in [2.05, 4.69) is 12.1 Å². The first-order valence-corrected chi connectivity index (χ1v) is 7.89. The van der Waals surface area contributed by atoms with Crippen molar-refractivity contribution in [3.63, 3.8) is 0 Å². The second-order valence-corrected chi connectivity index (χ2v) is 5.84. The van der Waals surface area contributed by atoms with Gasteiger partial charge in [0.15, 0.2) is 0 Å². The molecule has 1 N–H and O–H groups in total. The smallest absolute Gasteiger partial charge is 0.338 e. The molecule has 3 nitrogen and oxygen atoms in total. The summed E-state index contributed by atoms with van der Waals surface area (Å²) in [4.78, 5) is 12.2. The Balaban J connectivity index is 2.43. The van der Waals surface area contributed by atoms with Crippen molar-refractivity contribution in [2.45, 2.75) is 20.5 Å². The molecule has 3 aromatic rings. The molecule has 0 unspecified atom stereocenters. The summed E-state index contributed by atoms with van der Waals surface area (Å²) in [6.45, 7) is 3.96. The highest BCUT2D eigenvalue weighted by atomic mass is 16.5. The van der Waals surface area contributed by atoms with Gasteiger partial charge in [0.1, 0.15) is 0 Å². The second-order valence-electron chi connectivity index (χ2n) is 5.84. The Labute approximate surface area is 141 Å². The first-order chi connectivity index (χ1) is 11.6. The van der Waals surface area contributed by atoms with E-state index in [0.717, 1.165) is 38.6 Å². The van der Waals surface area contributed by atoms with Crippen LogP contribution < -0.4 is 0 Å². The molecule has 122 valence electrons. The predicted molar refractivity (Wildman–Crippen MR) is 96.1 cm³/mol. The van der Waals surface area contributed by atoms with E-state index in [1.54, 1.807) is 6.07 Å². The topological polar surface area (TPSA) is 46.5 Å². The highest BCUT2D eigenvalue weighted by molar-refractivity contribution is 6.02. The molecule has 0 aromatic heterocycles. The third kappa shape index (κ3) is 2.47. The number of ether oxygens (including phenoxy) is 1. The van der Waals surface area contributed by atoms with Crippen LogP contribution in [0.2, 0.25) is 0 Å². The minimum atomic E-state index is -0.375. The van der Waals surface area contributed by atoms with Gasteiger partial charge in [-0.2, -0.15) is 0 Å². The highest BCUT2D eigenvalue weighted by Gasteiger charge is 2.20. The van der Waals surface area contributed by atoms with Gasteiger partial charge in [0.2, 0.25) is 0 Å². The molecule has 3 heteroatoms. The van der Waals surface area contributed by atoms with E-state index in [-0.39, 0.29) is 12.6 Å². The van der Waals surface area contributed by atoms with Gasteiger partial charge in [-0.05, 0) is 58.5 Å². The molecule has 0 saturated heterocycles.